The summed E-state index contributed by atoms with van der Waals surface area (Å²) in [6.45, 7) is 5.68. The Balaban J connectivity index is 0.00000109. The van der Waals surface area contributed by atoms with Gasteiger partial charge in [-0.25, -0.2) is 17.6 Å². The van der Waals surface area contributed by atoms with Crippen LogP contribution in [-0.2, 0) is 0 Å². The Morgan fingerprint density at radius 3 is 2.24 bits per heavy atom. The van der Waals surface area contributed by atoms with Gasteiger partial charge in [0.15, 0.2) is 17.4 Å². The van der Waals surface area contributed by atoms with E-state index < -0.39 is 29.0 Å². The number of hydrogen-bond donors (Lipinski definition) is 1. The van der Waals surface area contributed by atoms with Gasteiger partial charge in [0, 0.05) is 12.1 Å². The van der Waals surface area contributed by atoms with E-state index >= 15 is 0 Å². The molecule has 0 fully saturated rings. The number of rotatable bonds is 3. The van der Waals surface area contributed by atoms with Crippen LogP contribution in [0.1, 0.15) is 19.4 Å². The molecule has 0 aliphatic carbocycles. The second kappa shape index (κ2) is 7.83. The zero-order chi connectivity index (χ0) is 18.6. The van der Waals surface area contributed by atoms with Crippen LogP contribution in [0.2, 0.25) is 0 Å². The van der Waals surface area contributed by atoms with E-state index in [1.54, 1.807) is 13.0 Å². The fourth-order valence-corrected chi connectivity index (χ4v) is 2.15. The van der Waals surface area contributed by atoms with Crippen molar-refractivity contribution in [1.29, 1.82) is 0 Å². The van der Waals surface area contributed by atoms with E-state index in [4.69, 9.17) is 4.52 Å². The maximum absolute atomic E-state index is 14.1. The fraction of sp³-hybridized carbons (Fsp3) is 0.167. The number of hydrogen-bond acceptors (Lipinski definition) is 3. The Morgan fingerprint density at radius 1 is 0.920 bits per heavy atom. The van der Waals surface area contributed by atoms with E-state index in [-0.39, 0.29) is 17.0 Å². The molecule has 1 heterocycles. The van der Waals surface area contributed by atoms with Gasteiger partial charge in [-0.2, -0.15) is 0 Å². The first-order chi connectivity index (χ1) is 12.0. The van der Waals surface area contributed by atoms with E-state index in [9.17, 15) is 17.6 Å². The zero-order valence-corrected chi connectivity index (χ0v) is 13.8. The normalized spacial score (nSPS) is 10.2. The van der Waals surface area contributed by atoms with Crippen molar-refractivity contribution in [2.24, 2.45) is 0 Å². The number of aromatic nitrogens is 1. The van der Waals surface area contributed by atoms with Crippen molar-refractivity contribution in [2.45, 2.75) is 20.8 Å². The average molecular weight is 352 g/mol. The van der Waals surface area contributed by atoms with Gasteiger partial charge < -0.3 is 9.84 Å². The first-order valence-electron chi connectivity index (χ1n) is 7.59. The van der Waals surface area contributed by atoms with Crippen molar-refractivity contribution in [3.63, 3.8) is 0 Å². The minimum Gasteiger partial charge on any atom is -0.356 e. The van der Waals surface area contributed by atoms with Gasteiger partial charge in [0.2, 0.25) is 0 Å². The monoisotopic (exact) mass is 352 g/mol. The van der Waals surface area contributed by atoms with Gasteiger partial charge in [-0.3, -0.25) is 0 Å². The molecule has 0 unspecified atom stereocenters. The Labute approximate surface area is 142 Å². The smallest absolute Gasteiger partial charge is 0.183 e. The molecule has 0 radical (unpaired) electrons. The van der Waals surface area contributed by atoms with Crippen LogP contribution >= 0.6 is 0 Å². The molecular formula is C18H16F4N2O. The van der Waals surface area contributed by atoms with Crippen molar-refractivity contribution in [3.05, 3.63) is 65.4 Å². The molecule has 0 bridgehead atoms. The lowest BCUT2D eigenvalue weighted by atomic mass is 10.1. The molecule has 0 aliphatic heterocycles. The van der Waals surface area contributed by atoms with E-state index in [0.29, 0.717) is 11.6 Å². The van der Waals surface area contributed by atoms with Gasteiger partial charge in [-0.15, -0.1) is 0 Å². The second-order valence-corrected chi connectivity index (χ2v) is 4.89. The third-order valence-electron chi connectivity index (χ3n) is 3.24. The largest absolute Gasteiger partial charge is 0.356 e. The van der Waals surface area contributed by atoms with Crippen LogP contribution in [0.4, 0.5) is 28.9 Å². The molecule has 3 rings (SSSR count). The topological polar surface area (TPSA) is 38.1 Å². The Kier molecular flexibility index (Phi) is 5.80. The summed E-state index contributed by atoms with van der Waals surface area (Å²) in [6.07, 6.45) is 1.23. The minimum absolute atomic E-state index is 0.114. The van der Waals surface area contributed by atoms with Crippen molar-refractivity contribution in [2.75, 3.05) is 5.32 Å². The molecule has 25 heavy (non-hydrogen) atoms. The number of nitrogens with zero attached hydrogens (tertiary/aromatic N) is 1. The molecule has 7 heteroatoms. The summed E-state index contributed by atoms with van der Waals surface area (Å²) in [4.78, 5) is 0. The summed E-state index contributed by atoms with van der Waals surface area (Å²) in [6, 6.07) is 5.81. The van der Waals surface area contributed by atoms with E-state index in [2.05, 4.69) is 10.5 Å². The number of benzene rings is 2. The molecule has 3 aromatic rings. The third-order valence-corrected chi connectivity index (χ3v) is 3.24. The second-order valence-electron chi connectivity index (χ2n) is 4.89. The SMILES string of the molecule is CC.Cc1ccc(Nc2c(F)c(F)cc(F)c2-c2ccno2)c(F)c1. The quantitative estimate of drug-likeness (QED) is 0.466. The molecule has 0 saturated heterocycles. The third kappa shape index (κ3) is 3.81. The molecule has 0 aliphatic rings. The van der Waals surface area contributed by atoms with Crippen molar-refractivity contribution in [1.82, 2.24) is 5.16 Å². The number of aryl methyl sites for hydroxylation is 1. The summed E-state index contributed by atoms with van der Waals surface area (Å²) in [7, 11) is 0. The Morgan fingerprint density at radius 2 is 1.64 bits per heavy atom. The molecular weight excluding hydrogens is 336 g/mol. The van der Waals surface area contributed by atoms with Gasteiger partial charge in [0.1, 0.15) is 11.6 Å². The molecule has 0 atom stereocenters. The molecule has 3 nitrogen and oxygen atoms in total. The van der Waals surface area contributed by atoms with Gasteiger partial charge in [-0.05, 0) is 24.6 Å². The molecule has 1 N–H and O–H groups in total. The number of nitrogens with one attached hydrogen (secondary N) is 1. The van der Waals surface area contributed by atoms with E-state index in [1.165, 1.54) is 24.4 Å². The Bertz CT molecular complexity index is 864. The molecule has 1 aromatic heterocycles. The highest BCUT2D eigenvalue weighted by atomic mass is 19.2. The highest BCUT2D eigenvalue weighted by Crippen LogP contribution is 2.36. The first kappa shape index (κ1) is 18.5. The van der Waals surface area contributed by atoms with E-state index in [1.807, 2.05) is 13.8 Å². The maximum atomic E-state index is 14.1. The summed E-state index contributed by atoms with van der Waals surface area (Å²) < 4.78 is 60.5. The van der Waals surface area contributed by atoms with E-state index in [0.717, 1.165) is 0 Å². The first-order valence-corrected chi connectivity index (χ1v) is 7.59. The summed E-state index contributed by atoms with van der Waals surface area (Å²) in [5, 5.41) is 5.80. The van der Waals surface area contributed by atoms with Crippen LogP contribution < -0.4 is 5.32 Å². The molecule has 2 aromatic carbocycles. The molecule has 0 saturated carbocycles. The lowest BCUT2D eigenvalue weighted by Gasteiger charge is -2.14. The minimum atomic E-state index is -1.40. The van der Waals surface area contributed by atoms with Crippen molar-refractivity contribution < 1.29 is 22.1 Å². The molecule has 0 spiro atoms. The van der Waals surface area contributed by atoms with Gasteiger partial charge in [0.05, 0.1) is 23.1 Å². The van der Waals surface area contributed by atoms with Crippen LogP contribution in [0.15, 0.2) is 41.1 Å². The van der Waals surface area contributed by atoms with Crippen LogP contribution in [0.5, 0.6) is 0 Å². The van der Waals surface area contributed by atoms with Crippen LogP contribution in [0, 0.1) is 30.2 Å². The summed E-state index contributed by atoms with van der Waals surface area (Å²) in [5.41, 5.74) is -0.418. The number of anilines is 2. The van der Waals surface area contributed by atoms with Crippen LogP contribution in [-0.4, -0.2) is 5.16 Å². The lowest BCUT2D eigenvalue weighted by molar-refractivity contribution is 0.428. The van der Waals surface area contributed by atoms with Gasteiger partial charge in [-0.1, -0.05) is 25.1 Å². The average Bonchev–Trinajstić information content (AvgIpc) is 3.10. The fourth-order valence-electron chi connectivity index (χ4n) is 2.15. The predicted molar refractivity (Wildman–Crippen MR) is 87.6 cm³/mol. The van der Waals surface area contributed by atoms with Crippen molar-refractivity contribution >= 4 is 11.4 Å². The molecule has 0 amide bonds. The standard InChI is InChI=1S/C16H10F4N2O.C2H6/c1-8-2-3-12(9(17)6-8)22-16-14(13-4-5-21-23-13)10(18)7-11(19)15(16)20;1-2/h2-7,22H,1H3;1-2H3. The summed E-state index contributed by atoms with van der Waals surface area (Å²) >= 11 is 0. The Hall–Kier alpha value is -2.83. The highest BCUT2D eigenvalue weighted by Gasteiger charge is 2.23. The van der Waals surface area contributed by atoms with Crippen LogP contribution in [0.25, 0.3) is 11.3 Å². The predicted octanol–water partition coefficient (Wildman–Crippen LogP) is 5.98. The number of halogens is 4. The summed E-state index contributed by atoms with van der Waals surface area (Å²) in [5.74, 6) is -4.61. The van der Waals surface area contributed by atoms with Gasteiger partial charge >= 0.3 is 0 Å². The maximum Gasteiger partial charge on any atom is 0.183 e. The highest BCUT2D eigenvalue weighted by molar-refractivity contribution is 5.79. The van der Waals surface area contributed by atoms with Gasteiger partial charge in [0.25, 0.3) is 0 Å². The lowest BCUT2D eigenvalue weighted by Crippen LogP contribution is -2.03. The zero-order valence-electron chi connectivity index (χ0n) is 13.8. The molecule has 132 valence electrons. The van der Waals surface area contributed by atoms with Crippen LogP contribution in [0.3, 0.4) is 0 Å². The van der Waals surface area contributed by atoms with Crippen molar-refractivity contribution in [3.8, 4) is 11.3 Å².